The number of fused-ring (bicyclic) bond motifs is 1. The Hall–Kier alpha value is -3.43. The van der Waals surface area contributed by atoms with Gasteiger partial charge in [0.2, 0.25) is 0 Å². The van der Waals surface area contributed by atoms with Crippen molar-refractivity contribution >= 4 is 52.0 Å². The third kappa shape index (κ3) is 3.30. The highest BCUT2D eigenvalue weighted by atomic mass is 35.5. The Bertz CT molecular complexity index is 1550. The molecular weight excluding hydrogens is 477 g/mol. The number of allylic oxidation sites excluding steroid dienone is 1. The lowest BCUT2D eigenvalue weighted by atomic mass is 9.84. The molecule has 0 saturated carbocycles. The number of nitrogens with two attached hydrogens (primary N) is 1. The summed E-state index contributed by atoms with van der Waals surface area (Å²) in [5.74, 6) is -2.80. The summed E-state index contributed by atoms with van der Waals surface area (Å²) in [5, 5.41) is 19.7. The quantitative estimate of drug-likeness (QED) is 0.599. The number of halogens is 4. The number of nitriles is 2. The van der Waals surface area contributed by atoms with Gasteiger partial charge in [0.25, 0.3) is 4.74 Å². The fraction of sp³-hybridized carbons (Fsp3) is 0.0455. The lowest BCUT2D eigenvalue weighted by Crippen LogP contribution is -2.39. The maximum absolute atomic E-state index is 14.7. The molecule has 1 aliphatic heterocycles. The Balaban J connectivity index is 2.17. The fourth-order valence-corrected chi connectivity index (χ4v) is 5.04. The van der Waals surface area contributed by atoms with Gasteiger partial charge in [0.1, 0.15) is 27.5 Å². The van der Waals surface area contributed by atoms with Gasteiger partial charge in [0.15, 0.2) is 0 Å². The Morgan fingerprint density at radius 3 is 2.25 bits per heavy atom. The van der Waals surface area contributed by atoms with E-state index in [-0.39, 0.29) is 48.2 Å². The molecule has 158 valence electrons. The normalized spacial score (nSPS) is 16.0. The largest absolute Gasteiger partial charge is 0.384 e. The average molecular weight is 487 g/mol. The molecule has 5 nitrogen and oxygen atoms in total. The van der Waals surface area contributed by atoms with Crippen LogP contribution in [-0.2, 0) is 0 Å². The summed E-state index contributed by atoms with van der Waals surface area (Å²) >= 11 is 12.9. The highest BCUT2D eigenvalue weighted by Gasteiger charge is 2.35. The molecule has 2 N–H and O–H groups in total. The minimum absolute atomic E-state index is 0.000535. The van der Waals surface area contributed by atoms with Crippen molar-refractivity contribution in [1.29, 1.82) is 10.5 Å². The average Bonchev–Trinajstić information content (AvgIpc) is 3.07. The lowest BCUT2D eigenvalue weighted by molar-refractivity contribution is 0.609. The van der Waals surface area contributed by atoms with Crippen molar-refractivity contribution < 1.29 is 8.78 Å². The molecule has 0 fully saturated rings. The van der Waals surface area contributed by atoms with Gasteiger partial charge < -0.3 is 5.73 Å². The number of benzene rings is 2. The second-order valence-corrected chi connectivity index (χ2v) is 8.48. The van der Waals surface area contributed by atoms with Crippen molar-refractivity contribution in [3.8, 4) is 12.1 Å². The minimum atomic E-state index is -1.21. The molecule has 0 radical (unpaired) electrons. The summed E-state index contributed by atoms with van der Waals surface area (Å²) in [6, 6.07) is 11.9. The molecule has 0 bridgehead atoms. The van der Waals surface area contributed by atoms with E-state index in [0.717, 1.165) is 6.07 Å². The second kappa shape index (κ2) is 8.25. The molecule has 3 aromatic rings. The molecule has 32 heavy (non-hydrogen) atoms. The topological polar surface area (TPSA) is 95.6 Å². The molecule has 1 aromatic heterocycles. The maximum atomic E-state index is 14.7. The first-order valence-electron chi connectivity index (χ1n) is 8.96. The lowest BCUT2D eigenvalue weighted by Gasteiger charge is -2.24. The molecule has 1 aliphatic rings. The number of aromatic nitrogens is 1. The zero-order valence-corrected chi connectivity index (χ0v) is 18.2. The first kappa shape index (κ1) is 21.8. The van der Waals surface area contributed by atoms with E-state index in [1.54, 1.807) is 0 Å². The van der Waals surface area contributed by atoms with Crippen LogP contribution in [-0.4, -0.2) is 4.57 Å². The zero-order chi connectivity index (χ0) is 23.2. The first-order chi connectivity index (χ1) is 15.3. The second-order valence-electron chi connectivity index (χ2n) is 6.70. The van der Waals surface area contributed by atoms with Crippen LogP contribution in [0.1, 0.15) is 17.0 Å². The highest BCUT2D eigenvalue weighted by molar-refractivity contribution is 7.07. The summed E-state index contributed by atoms with van der Waals surface area (Å²) in [6.07, 6.45) is 1.20. The molecule has 0 aliphatic carbocycles. The Kier molecular flexibility index (Phi) is 5.62. The third-order valence-electron chi connectivity index (χ3n) is 4.98. The Morgan fingerprint density at radius 2 is 1.66 bits per heavy atom. The van der Waals surface area contributed by atoms with Gasteiger partial charge in [-0.25, -0.2) is 8.78 Å². The number of hydrogen-bond donors (Lipinski definition) is 1. The van der Waals surface area contributed by atoms with E-state index in [2.05, 4.69) is 0 Å². The third-order valence-corrected chi connectivity index (χ3v) is 6.63. The fourth-order valence-electron chi connectivity index (χ4n) is 3.56. The number of nitrogens with zero attached hydrogens (tertiary/aromatic N) is 3. The van der Waals surface area contributed by atoms with Crippen LogP contribution in [0.2, 0.25) is 10.0 Å². The number of hydrogen-bond acceptors (Lipinski definition) is 5. The zero-order valence-electron chi connectivity index (χ0n) is 15.9. The summed E-state index contributed by atoms with van der Waals surface area (Å²) in [4.78, 5) is 12.8. The van der Waals surface area contributed by atoms with Crippen LogP contribution >= 0.6 is 34.5 Å². The van der Waals surface area contributed by atoms with Gasteiger partial charge in [0.05, 0.1) is 34.2 Å². The SMILES string of the molecule is N#CC1=C(N)n2c(sc(=O)/c2=C/c2c(F)cccc2Cl)=C(C#N)[C@@H]1c1c(F)cccc1Cl. The summed E-state index contributed by atoms with van der Waals surface area (Å²) < 4.78 is 29.8. The molecule has 0 amide bonds. The van der Waals surface area contributed by atoms with Crippen LogP contribution in [0.4, 0.5) is 8.78 Å². The van der Waals surface area contributed by atoms with Crippen molar-refractivity contribution in [2.75, 3.05) is 0 Å². The van der Waals surface area contributed by atoms with E-state index in [0.29, 0.717) is 11.3 Å². The van der Waals surface area contributed by atoms with Crippen LogP contribution < -0.4 is 20.5 Å². The molecule has 10 heteroatoms. The summed E-state index contributed by atoms with van der Waals surface area (Å²) in [7, 11) is 0. The van der Waals surface area contributed by atoms with E-state index in [9.17, 15) is 24.1 Å². The predicted octanol–water partition coefficient (Wildman–Crippen LogP) is 3.45. The van der Waals surface area contributed by atoms with Crippen LogP contribution in [0, 0.1) is 34.3 Å². The molecule has 2 aromatic carbocycles. The molecule has 0 spiro atoms. The summed E-state index contributed by atoms with van der Waals surface area (Å²) in [5.41, 5.74) is 5.85. The molecule has 0 saturated heterocycles. The van der Waals surface area contributed by atoms with Gasteiger partial charge in [-0.3, -0.25) is 9.36 Å². The van der Waals surface area contributed by atoms with Crippen molar-refractivity contribution in [3.05, 3.63) is 94.3 Å². The smallest absolute Gasteiger partial charge is 0.258 e. The maximum Gasteiger partial charge on any atom is 0.258 e. The predicted molar refractivity (Wildman–Crippen MR) is 119 cm³/mol. The van der Waals surface area contributed by atoms with Gasteiger partial charge in [-0.1, -0.05) is 46.7 Å². The van der Waals surface area contributed by atoms with Crippen molar-refractivity contribution in [3.63, 3.8) is 0 Å². The van der Waals surface area contributed by atoms with E-state index in [4.69, 9.17) is 28.9 Å². The van der Waals surface area contributed by atoms with Crippen LogP contribution in [0.3, 0.4) is 0 Å². The van der Waals surface area contributed by atoms with E-state index >= 15 is 0 Å². The highest BCUT2D eigenvalue weighted by Crippen LogP contribution is 2.40. The molecular formula is C22H10Cl2F2N4OS. The molecule has 2 heterocycles. The van der Waals surface area contributed by atoms with Crippen LogP contribution in [0.25, 0.3) is 17.5 Å². The molecule has 4 rings (SSSR count). The van der Waals surface area contributed by atoms with Crippen LogP contribution in [0.5, 0.6) is 0 Å². The standard InChI is InChI=1S/C22H10Cl2F2N4OS/c23-13-3-1-5-15(25)10(13)7-17-22(31)32-21-12(9-28)18(11(8-27)20(29)30(17)21)19-14(24)4-2-6-16(19)26/h1-7,18H,29H2/b17-7-/t18-/m1/s1. The number of rotatable bonds is 2. The van der Waals surface area contributed by atoms with Gasteiger partial charge in [-0.05, 0) is 30.3 Å². The monoisotopic (exact) mass is 486 g/mol. The minimum Gasteiger partial charge on any atom is -0.384 e. The molecule has 0 unspecified atom stereocenters. The van der Waals surface area contributed by atoms with E-state index in [1.807, 2.05) is 12.1 Å². The van der Waals surface area contributed by atoms with Crippen molar-refractivity contribution in [2.45, 2.75) is 5.92 Å². The Morgan fingerprint density at radius 1 is 1.03 bits per heavy atom. The van der Waals surface area contributed by atoms with Crippen molar-refractivity contribution in [2.24, 2.45) is 5.73 Å². The van der Waals surface area contributed by atoms with E-state index in [1.165, 1.54) is 41.0 Å². The Labute approximate surface area is 193 Å². The van der Waals surface area contributed by atoms with Gasteiger partial charge >= 0.3 is 0 Å². The first-order valence-corrected chi connectivity index (χ1v) is 10.5. The van der Waals surface area contributed by atoms with Gasteiger partial charge in [-0.2, -0.15) is 10.5 Å². The molecule has 1 atom stereocenters. The van der Waals surface area contributed by atoms with Crippen LogP contribution in [0.15, 0.2) is 46.8 Å². The van der Waals surface area contributed by atoms with Gasteiger partial charge in [-0.15, -0.1) is 0 Å². The number of thiazole rings is 1. The van der Waals surface area contributed by atoms with Crippen molar-refractivity contribution in [1.82, 2.24) is 4.57 Å². The van der Waals surface area contributed by atoms with Gasteiger partial charge in [0, 0.05) is 16.1 Å². The van der Waals surface area contributed by atoms with E-state index < -0.39 is 22.3 Å². The summed E-state index contributed by atoms with van der Waals surface area (Å²) in [6.45, 7) is 0.